The first-order chi connectivity index (χ1) is 6.47. The van der Waals surface area contributed by atoms with Crippen LogP contribution in [0, 0.1) is 5.92 Å². The van der Waals surface area contributed by atoms with Crippen LogP contribution in [0.1, 0.15) is 27.7 Å². The SMILES string of the molecule is CC(CO)SCC(=O)NC(C)C(C)C. The lowest BCUT2D eigenvalue weighted by atomic mass is 10.1. The summed E-state index contributed by atoms with van der Waals surface area (Å²) >= 11 is 1.48. The van der Waals surface area contributed by atoms with E-state index in [0.29, 0.717) is 11.7 Å². The molecule has 2 atom stereocenters. The lowest BCUT2D eigenvalue weighted by molar-refractivity contribution is -0.119. The first kappa shape index (κ1) is 13.8. The summed E-state index contributed by atoms with van der Waals surface area (Å²) in [6, 6.07) is 0.215. The Kier molecular flexibility index (Phi) is 7.01. The molecule has 3 nitrogen and oxygen atoms in total. The maximum absolute atomic E-state index is 11.4. The summed E-state index contributed by atoms with van der Waals surface area (Å²) in [7, 11) is 0. The number of hydrogen-bond acceptors (Lipinski definition) is 3. The fraction of sp³-hybridized carbons (Fsp3) is 0.900. The molecule has 0 aromatic carbocycles. The number of hydrogen-bond donors (Lipinski definition) is 2. The van der Waals surface area contributed by atoms with Gasteiger partial charge in [-0.15, -0.1) is 11.8 Å². The van der Waals surface area contributed by atoms with E-state index in [1.54, 1.807) is 0 Å². The normalized spacial score (nSPS) is 15.3. The zero-order chi connectivity index (χ0) is 11.1. The number of nitrogens with one attached hydrogen (secondary N) is 1. The monoisotopic (exact) mass is 219 g/mol. The van der Waals surface area contributed by atoms with Crippen LogP contribution in [-0.4, -0.2) is 34.7 Å². The van der Waals surface area contributed by atoms with Crippen LogP contribution in [0.3, 0.4) is 0 Å². The van der Waals surface area contributed by atoms with Crippen LogP contribution in [0.4, 0.5) is 0 Å². The van der Waals surface area contributed by atoms with Gasteiger partial charge in [0.1, 0.15) is 0 Å². The summed E-state index contributed by atoms with van der Waals surface area (Å²) in [6.45, 7) is 8.19. The molecule has 0 aliphatic rings. The molecule has 0 rings (SSSR count). The molecular formula is C10H21NO2S. The van der Waals surface area contributed by atoms with Crippen molar-refractivity contribution in [2.24, 2.45) is 5.92 Å². The van der Waals surface area contributed by atoms with Crippen molar-refractivity contribution < 1.29 is 9.90 Å². The first-order valence-corrected chi connectivity index (χ1v) is 6.04. The quantitative estimate of drug-likeness (QED) is 0.707. The smallest absolute Gasteiger partial charge is 0.230 e. The second kappa shape index (κ2) is 7.12. The van der Waals surface area contributed by atoms with E-state index in [1.165, 1.54) is 11.8 Å². The Bertz CT molecular complexity index is 174. The number of carbonyl (C=O) groups excluding carboxylic acids is 1. The average molecular weight is 219 g/mol. The number of aliphatic hydroxyl groups excluding tert-OH is 1. The van der Waals surface area contributed by atoms with Crippen LogP contribution in [-0.2, 0) is 4.79 Å². The average Bonchev–Trinajstić information content (AvgIpc) is 2.13. The minimum atomic E-state index is 0.0523. The van der Waals surface area contributed by atoms with Crippen molar-refractivity contribution in [1.82, 2.24) is 5.32 Å². The van der Waals surface area contributed by atoms with Crippen molar-refractivity contribution in [1.29, 1.82) is 0 Å². The van der Waals surface area contributed by atoms with Gasteiger partial charge in [-0.2, -0.15) is 0 Å². The van der Waals surface area contributed by atoms with E-state index in [0.717, 1.165) is 0 Å². The molecule has 0 radical (unpaired) electrons. The van der Waals surface area contributed by atoms with E-state index in [1.807, 2.05) is 13.8 Å². The number of rotatable bonds is 6. The van der Waals surface area contributed by atoms with Gasteiger partial charge in [0, 0.05) is 11.3 Å². The third kappa shape index (κ3) is 6.27. The highest BCUT2D eigenvalue weighted by Gasteiger charge is 2.11. The van der Waals surface area contributed by atoms with Crippen LogP contribution < -0.4 is 5.32 Å². The standard InChI is InChI=1S/C10H21NO2S/c1-7(2)9(4)11-10(13)6-14-8(3)5-12/h7-9,12H,5-6H2,1-4H3,(H,11,13). The third-order valence-electron chi connectivity index (χ3n) is 2.14. The summed E-state index contributed by atoms with van der Waals surface area (Å²) < 4.78 is 0. The lowest BCUT2D eigenvalue weighted by Crippen LogP contribution is -2.37. The van der Waals surface area contributed by atoms with Gasteiger partial charge < -0.3 is 10.4 Å². The molecule has 4 heteroatoms. The third-order valence-corrected chi connectivity index (χ3v) is 3.29. The molecule has 0 heterocycles. The van der Waals surface area contributed by atoms with Gasteiger partial charge in [-0.1, -0.05) is 20.8 Å². The van der Waals surface area contributed by atoms with E-state index in [-0.39, 0.29) is 23.8 Å². The Morgan fingerprint density at radius 1 is 1.36 bits per heavy atom. The van der Waals surface area contributed by atoms with E-state index >= 15 is 0 Å². The Morgan fingerprint density at radius 3 is 2.36 bits per heavy atom. The van der Waals surface area contributed by atoms with E-state index in [4.69, 9.17) is 5.11 Å². The maximum Gasteiger partial charge on any atom is 0.230 e. The minimum Gasteiger partial charge on any atom is -0.395 e. The highest BCUT2D eigenvalue weighted by molar-refractivity contribution is 8.00. The second-order valence-corrected chi connectivity index (χ2v) is 5.33. The zero-order valence-corrected chi connectivity index (χ0v) is 10.2. The van der Waals surface area contributed by atoms with Gasteiger partial charge >= 0.3 is 0 Å². The van der Waals surface area contributed by atoms with Crippen LogP contribution in [0.15, 0.2) is 0 Å². The Morgan fingerprint density at radius 2 is 1.93 bits per heavy atom. The molecule has 0 aliphatic carbocycles. The van der Waals surface area contributed by atoms with Gasteiger partial charge in [0.15, 0.2) is 0 Å². The molecule has 0 saturated carbocycles. The van der Waals surface area contributed by atoms with Gasteiger partial charge in [-0.25, -0.2) is 0 Å². The maximum atomic E-state index is 11.4. The molecule has 0 spiro atoms. The Hall–Kier alpha value is -0.220. The summed E-state index contributed by atoms with van der Waals surface area (Å²) in [5.74, 6) is 0.939. The van der Waals surface area contributed by atoms with Gasteiger partial charge in [0.2, 0.25) is 5.91 Å². The molecule has 0 aromatic rings. The molecule has 2 N–H and O–H groups in total. The fourth-order valence-electron chi connectivity index (χ4n) is 0.733. The van der Waals surface area contributed by atoms with Crippen molar-refractivity contribution >= 4 is 17.7 Å². The predicted molar refractivity (Wildman–Crippen MR) is 61.4 cm³/mol. The lowest BCUT2D eigenvalue weighted by Gasteiger charge is -2.17. The summed E-state index contributed by atoms with van der Waals surface area (Å²) in [5.41, 5.74) is 0. The van der Waals surface area contributed by atoms with Gasteiger partial charge in [-0.3, -0.25) is 4.79 Å². The molecule has 84 valence electrons. The summed E-state index contributed by atoms with van der Waals surface area (Å²) in [6.07, 6.45) is 0. The highest BCUT2D eigenvalue weighted by atomic mass is 32.2. The molecule has 0 saturated heterocycles. The first-order valence-electron chi connectivity index (χ1n) is 4.99. The fourth-order valence-corrected chi connectivity index (χ4v) is 1.36. The zero-order valence-electron chi connectivity index (χ0n) is 9.41. The van der Waals surface area contributed by atoms with Crippen molar-refractivity contribution in [3.63, 3.8) is 0 Å². The largest absolute Gasteiger partial charge is 0.395 e. The molecule has 14 heavy (non-hydrogen) atoms. The number of thioether (sulfide) groups is 1. The van der Waals surface area contributed by atoms with Crippen LogP contribution in [0.2, 0.25) is 0 Å². The Balaban J connectivity index is 3.65. The van der Waals surface area contributed by atoms with Crippen molar-refractivity contribution in [2.75, 3.05) is 12.4 Å². The molecule has 0 bridgehead atoms. The van der Waals surface area contributed by atoms with Gasteiger partial charge in [0.25, 0.3) is 0 Å². The predicted octanol–water partition coefficient (Wildman–Crippen LogP) is 1.26. The molecule has 2 unspecified atom stereocenters. The van der Waals surface area contributed by atoms with Crippen molar-refractivity contribution in [2.45, 2.75) is 39.0 Å². The van der Waals surface area contributed by atoms with Crippen LogP contribution >= 0.6 is 11.8 Å². The molecule has 0 fully saturated rings. The number of amides is 1. The summed E-state index contributed by atoms with van der Waals surface area (Å²) in [5, 5.41) is 11.8. The van der Waals surface area contributed by atoms with E-state index in [2.05, 4.69) is 19.2 Å². The molecule has 1 amide bonds. The van der Waals surface area contributed by atoms with Crippen LogP contribution in [0.5, 0.6) is 0 Å². The second-order valence-electron chi connectivity index (χ2n) is 3.90. The molecular weight excluding hydrogens is 198 g/mol. The highest BCUT2D eigenvalue weighted by Crippen LogP contribution is 2.09. The van der Waals surface area contributed by atoms with Crippen LogP contribution in [0.25, 0.3) is 0 Å². The molecule has 0 aliphatic heterocycles. The topological polar surface area (TPSA) is 49.3 Å². The van der Waals surface area contributed by atoms with E-state index in [9.17, 15) is 4.79 Å². The van der Waals surface area contributed by atoms with E-state index < -0.39 is 0 Å². The van der Waals surface area contributed by atoms with Crippen molar-refractivity contribution in [3.8, 4) is 0 Å². The van der Waals surface area contributed by atoms with Crippen molar-refractivity contribution in [3.05, 3.63) is 0 Å². The summed E-state index contributed by atoms with van der Waals surface area (Å²) in [4.78, 5) is 11.4. The van der Waals surface area contributed by atoms with Gasteiger partial charge in [0.05, 0.1) is 12.4 Å². The number of aliphatic hydroxyl groups is 1. The van der Waals surface area contributed by atoms with Gasteiger partial charge in [-0.05, 0) is 12.8 Å². The number of carbonyl (C=O) groups is 1. The Labute approximate surface area is 90.7 Å². The molecule has 0 aromatic heterocycles. The minimum absolute atomic E-state index is 0.0523.